The van der Waals surface area contributed by atoms with Crippen LogP contribution >= 0.6 is 0 Å². The van der Waals surface area contributed by atoms with E-state index in [-0.39, 0.29) is 11.7 Å². The Hall–Kier alpha value is -2.49. The molecule has 0 aromatic heterocycles. The number of ketones is 1. The summed E-state index contributed by atoms with van der Waals surface area (Å²) in [7, 11) is 0. The maximum absolute atomic E-state index is 12.0. The van der Waals surface area contributed by atoms with Crippen molar-refractivity contribution >= 4 is 23.2 Å². The third-order valence-electron chi connectivity index (χ3n) is 3.19. The molecule has 0 aliphatic heterocycles. The molecule has 1 aromatic rings. The Balaban J connectivity index is 2.24. The van der Waals surface area contributed by atoms with Crippen molar-refractivity contribution in [1.82, 2.24) is 0 Å². The number of anilines is 1. The molecule has 2 amide bonds. The first-order valence-corrected chi connectivity index (χ1v) is 6.86. The van der Waals surface area contributed by atoms with Crippen LogP contribution in [0.4, 0.5) is 10.5 Å². The van der Waals surface area contributed by atoms with Crippen LogP contribution in [0.5, 0.6) is 0 Å². The van der Waals surface area contributed by atoms with Crippen LogP contribution in [0, 0.1) is 5.92 Å². The van der Waals surface area contributed by atoms with Crippen LogP contribution < -0.4 is 5.32 Å². The molecule has 1 N–H and O–H groups in total. The van der Waals surface area contributed by atoms with Gasteiger partial charge >= 0.3 is 6.03 Å². The molecule has 0 saturated heterocycles. The second-order valence-corrected chi connectivity index (χ2v) is 5.24. The van der Waals surface area contributed by atoms with Gasteiger partial charge in [0, 0.05) is 5.69 Å². The van der Waals surface area contributed by atoms with Gasteiger partial charge in [0.2, 0.25) is 0 Å². The molecule has 0 fully saturated rings. The molecule has 0 heterocycles. The molecule has 4 nitrogen and oxygen atoms in total. The zero-order valence-corrected chi connectivity index (χ0v) is 12.4. The van der Waals surface area contributed by atoms with Crippen LogP contribution in [0.3, 0.4) is 0 Å². The van der Waals surface area contributed by atoms with Crippen LogP contribution in [0.25, 0.3) is 0 Å². The van der Waals surface area contributed by atoms with E-state index in [0.29, 0.717) is 17.0 Å². The maximum Gasteiger partial charge on any atom is 0.345 e. The van der Waals surface area contributed by atoms with Gasteiger partial charge in [-0.3, -0.25) is 4.79 Å². The number of para-hydroxylation sites is 1. The molecule has 4 heteroatoms. The van der Waals surface area contributed by atoms with Crippen LogP contribution in [0.2, 0.25) is 0 Å². The number of carbonyl (C=O) groups is 2. The number of hydrogen-bond donors (Lipinski definition) is 1. The fourth-order valence-corrected chi connectivity index (χ4v) is 2.03. The Bertz CT molecular complexity index is 653. The average molecular weight is 282 g/mol. The highest BCUT2D eigenvalue weighted by molar-refractivity contribution is 6.24. The highest BCUT2D eigenvalue weighted by Crippen LogP contribution is 2.20. The van der Waals surface area contributed by atoms with Gasteiger partial charge in [-0.2, -0.15) is 4.99 Å². The van der Waals surface area contributed by atoms with E-state index in [2.05, 4.69) is 10.3 Å². The number of urea groups is 1. The minimum atomic E-state index is -0.443. The molecule has 1 aliphatic carbocycles. The number of benzene rings is 1. The van der Waals surface area contributed by atoms with Crippen LogP contribution in [0.15, 0.2) is 58.6 Å². The fourth-order valence-electron chi connectivity index (χ4n) is 2.03. The van der Waals surface area contributed by atoms with E-state index >= 15 is 0 Å². The first-order chi connectivity index (χ1) is 9.97. The molecule has 1 aromatic carbocycles. The summed E-state index contributed by atoms with van der Waals surface area (Å²) >= 11 is 0. The van der Waals surface area contributed by atoms with E-state index in [4.69, 9.17) is 0 Å². The molecule has 0 unspecified atom stereocenters. The third-order valence-corrected chi connectivity index (χ3v) is 3.19. The smallest absolute Gasteiger partial charge is 0.306 e. The van der Waals surface area contributed by atoms with Crippen molar-refractivity contribution in [2.45, 2.75) is 20.8 Å². The monoisotopic (exact) mass is 282 g/mol. The number of carbonyl (C=O) groups excluding carboxylic acids is 2. The first-order valence-electron chi connectivity index (χ1n) is 6.86. The van der Waals surface area contributed by atoms with Crippen molar-refractivity contribution < 1.29 is 9.59 Å². The van der Waals surface area contributed by atoms with E-state index in [1.807, 2.05) is 32.0 Å². The number of rotatable bonds is 2. The summed E-state index contributed by atoms with van der Waals surface area (Å²) in [6.07, 6.45) is 3.23. The summed E-state index contributed by atoms with van der Waals surface area (Å²) in [6.45, 7) is 5.66. The topological polar surface area (TPSA) is 58.5 Å². The van der Waals surface area contributed by atoms with Gasteiger partial charge in [-0.15, -0.1) is 0 Å². The Labute approximate surface area is 124 Å². The van der Waals surface area contributed by atoms with Gasteiger partial charge in [0.15, 0.2) is 5.78 Å². The van der Waals surface area contributed by atoms with Gasteiger partial charge in [-0.25, -0.2) is 4.79 Å². The first kappa shape index (κ1) is 14.9. The predicted octanol–water partition coefficient (Wildman–Crippen LogP) is 3.77. The molecule has 1 aliphatic rings. The zero-order valence-electron chi connectivity index (χ0n) is 12.4. The Morgan fingerprint density at radius 2 is 1.81 bits per heavy atom. The van der Waals surface area contributed by atoms with Crippen LogP contribution in [0.1, 0.15) is 20.8 Å². The van der Waals surface area contributed by atoms with Crippen molar-refractivity contribution in [2.75, 3.05) is 5.32 Å². The van der Waals surface area contributed by atoms with Gasteiger partial charge in [0.05, 0.1) is 5.71 Å². The molecular weight excluding hydrogens is 264 g/mol. The van der Waals surface area contributed by atoms with Crippen molar-refractivity contribution in [2.24, 2.45) is 10.9 Å². The van der Waals surface area contributed by atoms with Crippen molar-refractivity contribution in [3.8, 4) is 0 Å². The van der Waals surface area contributed by atoms with E-state index < -0.39 is 6.03 Å². The molecular formula is C17H18N2O2. The Morgan fingerprint density at radius 3 is 2.43 bits per heavy atom. The van der Waals surface area contributed by atoms with E-state index in [9.17, 15) is 9.59 Å². The zero-order chi connectivity index (χ0) is 15.4. The van der Waals surface area contributed by atoms with Gasteiger partial charge in [0.1, 0.15) is 0 Å². The highest BCUT2D eigenvalue weighted by Gasteiger charge is 2.19. The summed E-state index contributed by atoms with van der Waals surface area (Å²) in [5.41, 5.74) is 2.62. The highest BCUT2D eigenvalue weighted by atomic mass is 16.2. The lowest BCUT2D eigenvalue weighted by Gasteiger charge is -2.16. The number of aliphatic imine (C=N–C) groups is 1. The minimum absolute atomic E-state index is 0.0267. The largest absolute Gasteiger partial charge is 0.345 e. The average Bonchev–Trinajstić information content (AvgIpc) is 2.43. The van der Waals surface area contributed by atoms with E-state index in [0.717, 1.165) is 5.57 Å². The van der Waals surface area contributed by atoms with Gasteiger partial charge in [-0.1, -0.05) is 32.0 Å². The Morgan fingerprint density at radius 1 is 1.14 bits per heavy atom. The SMILES string of the molecule is CC1=CC(=NC(=O)Nc2ccccc2)C(C(C)C)=CC1=O. The van der Waals surface area contributed by atoms with Crippen LogP contribution in [-0.2, 0) is 4.79 Å². The summed E-state index contributed by atoms with van der Waals surface area (Å²) in [4.78, 5) is 27.8. The lowest BCUT2D eigenvalue weighted by molar-refractivity contribution is -0.111. The Kier molecular flexibility index (Phi) is 4.48. The molecule has 21 heavy (non-hydrogen) atoms. The third kappa shape index (κ3) is 3.75. The lowest BCUT2D eigenvalue weighted by atomic mass is 9.90. The maximum atomic E-state index is 12.0. The molecule has 0 radical (unpaired) electrons. The molecule has 108 valence electrons. The number of nitrogens with zero attached hydrogens (tertiary/aromatic N) is 1. The second kappa shape index (κ2) is 6.31. The number of allylic oxidation sites excluding steroid dienone is 4. The molecule has 0 saturated carbocycles. The van der Waals surface area contributed by atoms with E-state index in [1.54, 1.807) is 31.2 Å². The molecule has 0 spiro atoms. The van der Waals surface area contributed by atoms with E-state index in [1.165, 1.54) is 0 Å². The van der Waals surface area contributed by atoms with Crippen molar-refractivity contribution in [3.63, 3.8) is 0 Å². The van der Waals surface area contributed by atoms with Crippen molar-refractivity contribution in [1.29, 1.82) is 0 Å². The van der Waals surface area contributed by atoms with Gasteiger partial charge < -0.3 is 5.32 Å². The summed E-state index contributed by atoms with van der Waals surface area (Å²) < 4.78 is 0. The number of amides is 2. The molecule has 0 bridgehead atoms. The standard InChI is InChI=1S/C17H18N2O2/c1-11(2)14-10-16(20)12(3)9-15(14)19-17(21)18-13-7-5-4-6-8-13/h4-11H,1-3H3,(H,18,21). The van der Waals surface area contributed by atoms with Crippen LogP contribution in [-0.4, -0.2) is 17.5 Å². The molecule has 0 atom stereocenters. The quantitative estimate of drug-likeness (QED) is 0.839. The fraction of sp³-hybridized carbons (Fsp3) is 0.235. The minimum Gasteiger partial charge on any atom is -0.306 e. The second-order valence-electron chi connectivity index (χ2n) is 5.24. The summed E-state index contributed by atoms with van der Waals surface area (Å²) in [5, 5.41) is 2.71. The number of hydrogen-bond acceptors (Lipinski definition) is 2. The molecule has 2 rings (SSSR count). The predicted molar refractivity (Wildman–Crippen MR) is 84.6 cm³/mol. The van der Waals surface area contributed by atoms with Crippen molar-refractivity contribution in [3.05, 3.63) is 53.6 Å². The normalized spacial score (nSPS) is 16.8. The van der Waals surface area contributed by atoms with Gasteiger partial charge in [0.25, 0.3) is 0 Å². The summed E-state index contributed by atoms with van der Waals surface area (Å²) in [5.74, 6) is 0.0997. The lowest BCUT2D eigenvalue weighted by Crippen LogP contribution is -2.18. The number of nitrogens with one attached hydrogen (secondary N) is 1. The summed E-state index contributed by atoms with van der Waals surface area (Å²) in [6, 6.07) is 8.70. The van der Waals surface area contributed by atoms with Gasteiger partial charge in [-0.05, 0) is 48.3 Å².